The lowest BCUT2D eigenvalue weighted by molar-refractivity contribution is 0.488. The third-order valence-corrected chi connectivity index (χ3v) is 4.46. The van der Waals surface area contributed by atoms with Crippen molar-refractivity contribution < 1.29 is 0 Å². The van der Waals surface area contributed by atoms with Crippen LogP contribution in [0.1, 0.15) is 28.8 Å². The highest BCUT2D eigenvalue weighted by Crippen LogP contribution is 2.34. The van der Waals surface area contributed by atoms with Crippen molar-refractivity contribution >= 4 is 10.9 Å². The largest absolute Gasteiger partial charge is 0.347 e. The molecule has 1 aliphatic rings. The number of hydrogen-bond acceptors (Lipinski definition) is 1. The Kier molecular flexibility index (Phi) is 2.70. The van der Waals surface area contributed by atoms with Gasteiger partial charge in [-0.15, -0.1) is 0 Å². The molecule has 0 spiro atoms. The molecule has 1 aromatic heterocycles. The minimum atomic E-state index is 0.642. The average Bonchev–Trinajstić information content (AvgIpc) is 2.62. The number of fused-ring (bicyclic) bond motifs is 3. The Morgan fingerprint density at radius 3 is 2.78 bits per heavy atom. The van der Waals surface area contributed by atoms with Gasteiger partial charge in [0.25, 0.3) is 0 Å². The van der Waals surface area contributed by atoms with Crippen LogP contribution in [0.25, 0.3) is 10.9 Å². The van der Waals surface area contributed by atoms with Gasteiger partial charge in [-0.1, -0.05) is 6.07 Å². The Hall–Kier alpha value is -1.28. The molecule has 0 bridgehead atoms. The predicted molar refractivity (Wildman–Crippen MR) is 77.3 cm³/mol. The van der Waals surface area contributed by atoms with Gasteiger partial charge in [0.1, 0.15) is 0 Å². The number of aromatic nitrogens is 1. The first kappa shape index (κ1) is 11.8. The van der Waals surface area contributed by atoms with Gasteiger partial charge in [0.15, 0.2) is 0 Å². The number of benzene rings is 1. The van der Waals surface area contributed by atoms with Crippen molar-refractivity contribution in [3.63, 3.8) is 0 Å². The smallest absolute Gasteiger partial charge is 0.0488 e. The van der Waals surface area contributed by atoms with Gasteiger partial charge in [0.2, 0.25) is 0 Å². The van der Waals surface area contributed by atoms with Gasteiger partial charge >= 0.3 is 0 Å². The van der Waals surface area contributed by atoms with E-state index in [4.69, 9.17) is 0 Å². The molecule has 1 unspecified atom stereocenters. The molecule has 1 aliphatic carbocycles. The SMILES string of the molecule is CNC1CCc2c(c3c(C)cc(C)cc3n2C)C1. The number of hydrogen-bond donors (Lipinski definition) is 1. The van der Waals surface area contributed by atoms with Gasteiger partial charge in [-0.05, 0) is 62.9 Å². The van der Waals surface area contributed by atoms with Gasteiger partial charge < -0.3 is 9.88 Å². The van der Waals surface area contributed by atoms with E-state index in [2.05, 4.69) is 50.0 Å². The van der Waals surface area contributed by atoms with Crippen LogP contribution in [0, 0.1) is 13.8 Å². The van der Waals surface area contributed by atoms with Crippen molar-refractivity contribution in [2.45, 2.75) is 39.2 Å². The third-order valence-electron chi connectivity index (χ3n) is 4.46. The summed E-state index contributed by atoms with van der Waals surface area (Å²) < 4.78 is 2.41. The van der Waals surface area contributed by atoms with Crippen LogP contribution in [-0.4, -0.2) is 17.7 Å². The summed E-state index contributed by atoms with van der Waals surface area (Å²) >= 11 is 0. The van der Waals surface area contributed by atoms with Crippen molar-refractivity contribution in [3.8, 4) is 0 Å². The van der Waals surface area contributed by atoms with Crippen molar-refractivity contribution in [2.24, 2.45) is 7.05 Å². The lowest BCUT2D eigenvalue weighted by Crippen LogP contribution is -2.31. The van der Waals surface area contributed by atoms with E-state index in [0.717, 1.165) is 0 Å². The first-order chi connectivity index (χ1) is 8.61. The molecule has 2 nitrogen and oxygen atoms in total. The Bertz CT molecular complexity index is 607. The Labute approximate surface area is 109 Å². The summed E-state index contributed by atoms with van der Waals surface area (Å²) in [5, 5.41) is 4.94. The highest BCUT2D eigenvalue weighted by Gasteiger charge is 2.24. The number of nitrogens with one attached hydrogen (secondary N) is 1. The minimum Gasteiger partial charge on any atom is -0.347 e. The lowest BCUT2D eigenvalue weighted by Gasteiger charge is -2.23. The second-order valence-electron chi connectivity index (χ2n) is 5.69. The second-order valence-corrected chi connectivity index (χ2v) is 5.69. The molecule has 2 heteroatoms. The van der Waals surface area contributed by atoms with Gasteiger partial charge in [-0.25, -0.2) is 0 Å². The Morgan fingerprint density at radius 2 is 2.06 bits per heavy atom. The highest BCUT2D eigenvalue weighted by atomic mass is 15.0. The molecular formula is C16H22N2. The van der Waals surface area contributed by atoms with E-state index in [1.165, 1.54) is 41.3 Å². The zero-order chi connectivity index (χ0) is 12.9. The van der Waals surface area contributed by atoms with Crippen LogP contribution in [0.2, 0.25) is 0 Å². The third kappa shape index (κ3) is 1.59. The van der Waals surface area contributed by atoms with E-state index >= 15 is 0 Å². The molecule has 0 radical (unpaired) electrons. The summed E-state index contributed by atoms with van der Waals surface area (Å²) in [5.74, 6) is 0. The van der Waals surface area contributed by atoms with Crippen LogP contribution in [0.15, 0.2) is 12.1 Å². The van der Waals surface area contributed by atoms with Crippen molar-refractivity contribution in [2.75, 3.05) is 7.05 Å². The van der Waals surface area contributed by atoms with Gasteiger partial charge in [0.05, 0.1) is 0 Å². The van der Waals surface area contributed by atoms with Crippen molar-refractivity contribution in [1.29, 1.82) is 0 Å². The number of rotatable bonds is 1. The monoisotopic (exact) mass is 242 g/mol. The standard InChI is InChI=1S/C16H22N2/c1-10-7-11(2)16-13-9-12(17-3)5-6-14(13)18(4)15(16)8-10/h7-8,12,17H,5-6,9H2,1-4H3. The molecule has 18 heavy (non-hydrogen) atoms. The first-order valence-corrected chi connectivity index (χ1v) is 6.86. The summed E-state index contributed by atoms with van der Waals surface area (Å²) in [7, 11) is 4.30. The summed E-state index contributed by atoms with van der Waals surface area (Å²) in [6.45, 7) is 4.44. The molecule has 0 saturated heterocycles. The Morgan fingerprint density at radius 1 is 1.28 bits per heavy atom. The zero-order valence-corrected chi connectivity index (χ0v) is 11.8. The predicted octanol–water partition coefficient (Wildman–Crippen LogP) is 2.87. The molecule has 0 fully saturated rings. The van der Waals surface area contributed by atoms with E-state index in [1.807, 2.05) is 0 Å². The number of nitrogens with zero attached hydrogens (tertiary/aromatic N) is 1. The Balaban J connectivity index is 2.29. The summed E-state index contributed by atoms with van der Waals surface area (Å²) in [5.41, 5.74) is 7.33. The normalized spacial score (nSPS) is 19.2. The summed E-state index contributed by atoms with van der Waals surface area (Å²) in [6.07, 6.45) is 3.63. The number of likely N-dealkylation sites (N-methyl/N-ethyl adjacent to an activating group) is 1. The summed E-state index contributed by atoms with van der Waals surface area (Å²) in [4.78, 5) is 0. The molecule has 0 saturated carbocycles. The van der Waals surface area contributed by atoms with E-state index < -0.39 is 0 Å². The molecular weight excluding hydrogens is 220 g/mol. The minimum absolute atomic E-state index is 0.642. The zero-order valence-electron chi connectivity index (χ0n) is 11.8. The van der Waals surface area contributed by atoms with Crippen LogP contribution < -0.4 is 5.32 Å². The van der Waals surface area contributed by atoms with E-state index in [-0.39, 0.29) is 0 Å². The van der Waals surface area contributed by atoms with Gasteiger partial charge in [-0.3, -0.25) is 0 Å². The fourth-order valence-electron chi connectivity index (χ4n) is 3.54. The first-order valence-electron chi connectivity index (χ1n) is 6.86. The second kappa shape index (κ2) is 4.13. The molecule has 1 N–H and O–H groups in total. The fraction of sp³-hybridized carbons (Fsp3) is 0.500. The molecule has 2 aromatic rings. The van der Waals surface area contributed by atoms with Crippen molar-refractivity contribution in [1.82, 2.24) is 9.88 Å². The number of aryl methyl sites for hydroxylation is 3. The van der Waals surface area contributed by atoms with Crippen LogP contribution in [-0.2, 0) is 19.9 Å². The molecule has 96 valence electrons. The summed E-state index contributed by atoms with van der Waals surface area (Å²) in [6, 6.07) is 5.28. The van der Waals surface area contributed by atoms with Gasteiger partial charge in [-0.2, -0.15) is 0 Å². The molecule has 1 atom stereocenters. The quantitative estimate of drug-likeness (QED) is 0.813. The molecule has 0 amide bonds. The molecule has 0 aliphatic heterocycles. The van der Waals surface area contributed by atoms with Crippen molar-refractivity contribution in [3.05, 3.63) is 34.5 Å². The molecule has 1 aromatic carbocycles. The maximum absolute atomic E-state index is 3.44. The topological polar surface area (TPSA) is 17.0 Å². The molecule has 1 heterocycles. The molecule has 3 rings (SSSR count). The highest BCUT2D eigenvalue weighted by molar-refractivity contribution is 5.89. The van der Waals surface area contributed by atoms with E-state index in [1.54, 1.807) is 11.3 Å². The van der Waals surface area contributed by atoms with Crippen LogP contribution in [0.3, 0.4) is 0 Å². The van der Waals surface area contributed by atoms with Crippen LogP contribution in [0.5, 0.6) is 0 Å². The van der Waals surface area contributed by atoms with Gasteiger partial charge in [0, 0.05) is 29.7 Å². The maximum Gasteiger partial charge on any atom is 0.0488 e. The fourth-order valence-corrected chi connectivity index (χ4v) is 3.54. The maximum atomic E-state index is 3.44. The lowest BCUT2D eigenvalue weighted by atomic mass is 9.90. The van der Waals surface area contributed by atoms with E-state index in [9.17, 15) is 0 Å². The van der Waals surface area contributed by atoms with E-state index in [0.29, 0.717) is 6.04 Å². The van der Waals surface area contributed by atoms with Crippen LogP contribution in [0.4, 0.5) is 0 Å². The average molecular weight is 242 g/mol. The van der Waals surface area contributed by atoms with Crippen LogP contribution >= 0.6 is 0 Å².